The van der Waals surface area contributed by atoms with E-state index in [1.807, 2.05) is 0 Å². The Kier molecular flexibility index (Phi) is 12.4. The maximum atomic E-state index is 12.9. The molecule has 0 radical (unpaired) electrons. The third kappa shape index (κ3) is 8.48. The van der Waals surface area contributed by atoms with Crippen LogP contribution < -0.4 is 11.2 Å². The molecule has 5 fully saturated rings. The molecule has 3 N–H and O–H groups in total. The number of nitrogens with two attached hydrogens (primary N) is 1. The number of primary amides is 1. The molecule has 0 aromatic heterocycles. The molecule has 16 nitrogen and oxygen atoms in total. The quantitative estimate of drug-likeness (QED) is 0.108. The van der Waals surface area contributed by atoms with Crippen LogP contribution in [-0.4, -0.2) is 92.1 Å². The number of nitrogens with one attached hydrogen (secondary N) is 1. The third-order valence-electron chi connectivity index (χ3n) is 12.9. The van der Waals surface area contributed by atoms with Gasteiger partial charge in [0.15, 0.2) is 30.7 Å². The minimum Gasteiger partial charge on any atom is -0.467 e. The number of nitrogens with zero attached hydrogens (tertiary/aromatic N) is 1. The molecule has 1 heterocycles. The summed E-state index contributed by atoms with van der Waals surface area (Å²) in [6, 6.07) is -0.768. The highest BCUT2D eigenvalue weighted by Gasteiger charge is 2.62. The largest absolute Gasteiger partial charge is 0.467 e. The standard InChI is InChI=1S/C37H55N3O13/c1-18(41)48-17-28(39-40-35(38)46)27-11-10-25-24-9-8-22-16-23(12-14-36(22,5)26(24)13-15-37(25,27)6)52-34-32(51-21(4)44)30(50-20(3)43)29(49-19(2)42)31(53-34)33(45)47-7/h22-27,29-32,34H,8-17H2,1-7H3,(H3,38,40,46)/b39-28-/t22-,23-,24+,25+,26+,27-,29+,30+,31-,32-,34-,36-,37+/m1/s1. The van der Waals surface area contributed by atoms with Gasteiger partial charge in [-0.25, -0.2) is 15.0 Å². The van der Waals surface area contributed by atoms with Crippen molar-refractivity contribution >= 4 is 41.6 Å². The Balaban J connectivity index is 1.33. The summed E-state index contributed by atoms with van der Waals surface area (Å²) in [5, 5.41) is 4.32. The monoisotopic (exact) mass is 749 g/mol. The minimum atomic E-state index is -1.51. The van der Waals surface area contributed by atoms with E-state index >= 15 is 0 Å². The Labute approximate surface area is 309 Å². The van der Waals surface area contributed by atoms with Crippen molar-refractivity contribution in [2.45, 2.75) is 136 Å². The number of carbonyl (C=O) groups excluding carboxylic acids is 6. The van der Waals surface area contributed by atoms with Gasteiger partial charge in [-0.3, -0.25) is 19.2 Å². The first-order valence-electron chi connectivity index (χ1n) is 18.6. The summed E-state index contributed by atoms with van der Waals surface area (Å²) in [6.45, 7) is 9.55. The van der Waals surface area contributed by atoms with Crippen LogP contribution in [0.3, 0.4) is 0 Å². The van der Waals surface area contributed by atoms with Gasteiger partial charge < -0.3 is 38.9 Å². The average Bonchev–Trinajstić information content (AvgIpc) is 3.43. The lowest BCUT2D eigenvalue weighted by molar-refractivity contribution is -0.315. The fourth-order valence-electron chi connectivity index (χ4n) is 10.8. The Morgan fingerprint density at radius 2 is 1.40 bits per heavy atom. The maximum Gasteiger partial charge on any atom is 0.339 e. The number of hydrazone groups is 1. The second-order valence-electron chi connectivity index (χ2n) is 15.9. The summed E-state index contributed by atoms with van der Waals surface area (Å²) in [7, 11) is 1.15. The number of urea groups is 1. The van der Waals surface area contributed by atoms with Gasteiger partial charge in [0.2, 0.25) is 0 Å². The zero-order valence-electron chi connectivity index (χ0n) is 31.8. The van der Waals surface area contributed by atoms with Crippen LogP contribution in [0, 0.1) is 40.4 Å². The van der Waals surface area contributed by atoms with Crippen molar-refractivity contribution in [3.63, 3.8) is 0 Å². The molecule has 0 aromatic carbocycles. The van der Waals surface area contributed by atoms with E-state index < -0.39 is 66.6 Å². The molecule has 0 aromatic rings. The van der Waals surface area contributed by atoms with Crippen LogP contribution in [0.2, 0.25) is 0 Å². The van der Waals surface area contributed by atoms with Gasteiger partial charge in [-0.2, -0.15) is 5.10 Å². The molecular formula is C37H55N3O13. The molecule has 4 aliphatic carbocycles. The predicted molar refractivity (Wildman–Crippen MR) is 184 cm³/mol. The van der Waals surface area contributed by atoms with Crippen molar-refractivity contribution in [3.05, 3.63) is 0 Å². The van der Waals surface area contributed by atoms with Crippen LogP contribution in [0.1, 0.15) is 99.3 Å². The number of hydrogen-bond acceptors (Lipinski definition) is 14. The van der Waals surface area contributed by atoms with Crippen molar-refractivity contribution in [1.29, 1.82) is 0 Å². The summed E-state index contributed by atoms with van der Waals surface area (Å²) in [4.78, 5) is 72.7. The molecule has 53 heavy (non-hydrogen) atoms. The van der Waals surface area contributed by atoms with Gasteiger partial charge >= 0.3 is 35.9 Å². The van der Waals surface area contributed by atoms with Gasteiger partial charge in [0.05, 0.1) is 18.9 Å². The third-order valence-corrected chi connectivity index (χ3v) is 12.9. The lowest BCUT2D eigenvalue weighted by Gasteiger charge is -2.61. The van der Waals surface area contributed by atoms with Gasteiger partial charge in [0.25, 0.3) is 0 Å². The number of methoxy groups -OCH3 is 1. The molecule has 5 rings (SSSR count). The van der Waals surface area contributed by atoms with Crippen molar-refractivity contribution < 1.29 is 61.9 Å². The summed E-state index contributed by atoms with van der Waals surface area (Å²) < 4.78 is 39.4. The van der Waals surface area contributed by atoms with Gasteiger partial charge in [0.1, 0.15) is 6.61 Å². The molecule has 5 aliphatic rings. The van der Waals surface area contributed by atoms with Gasteiger partial charge in [-0.05, 0) is 92.3 Å². The van der Waals surface area contributed by atoms with Crippen LogP contribution >= 0.6 is 0 Å². The number of hydrogen-bond donors (Lipinski definition) is 2. The molecule has 4 saturated carbocycles. The smallest absolute Gasteiger partial charge is 0.339 e. The van der Waals surface area contributed by atoms with Crippen LogP contribution in [0.25, 0.3) is 0 Å². The molecule has 1 aliphatic heterocycles. The molecule has 0 unspecified atom stereocenters. The summed E-state index contributed by atoms with van der Waals surface area (Å²) in [6.07, 6.45) is 0.869. The van der Waals surface area contributed by atoms with E-state index in [2.05, 4.69) is 24.4 Å². The van der Waals surface area contributed by atoms with Gasteiger partial charge in [-0.15, -0.1) is 0 Å². The van der Waals surface area contributed by atoms with Crippen molar-refractivity contribution in [3.8, 4) is 0 Å². The molecular weight excluding hydrogens is 694 g/mol. The Morgan fingerprint density at radius 1 is 0.774 bits per heavy atom. The van der Waals surface area contributed by atoms with E-state index in [1.165, 1.54) is 13.8 Å². The summed E-state index contributed by atoms with van der Waals surface area (Å²) >= 11 is 0. The van der Waals surface area contributed by atoms with Crippen molar-refractivity contribution in [2.75, 3.05) is 13.7 Å². The Bertz CT molecular complexity index is 1470. The second kappa shape index (κ2) is 16.3. The average molecular weight is 750 g/mol. The number of rotatable bonds is 10. The maximum absolute atomic E-state index is 12.9. The van der Waals surface area contributed by atoms with Gasteiger partial charge in [-0.1, -0.05) is 13.8 Å². The predicted octanol–water partition coefficient (Wildman–Crippen LogP) is 3.31. The molecule has 1 saturated heterocycles. The van der Waals surface area contributed by atoms with Crippen molar-refractivity contribution in [2.24, 2.45) is 51.3 Å². The van der Waals surface area contributed by atoms with E-state index in [1.54, 1.807) is 0 Å². The first-order valence-corrected chi connectivity index (χ1v) is 18.6. The minimum absolute atomic E-state index is 0.00723. The topological polar surface area (TPSA) is 217 Å². The van der Waals surface area contributed by atoms with Crippen LogP contribution in [0.5, 0.6) is 0 Å². The molecule has 0 bridgehead atoms. The first kappa shape index (κ1) is 40.4. The van der Waals surface area contributed by atoms with Crippen LogP contribution in [0.15, 0.2) is 5.10 Å². The van der Waals surface area contributed by atoms with E-state index in [9.17, 15) is 28.8 Å². The van der Waals surface area contributed by atoms with E-state index in [4.69, 9.17) is 38.9 Å². The molecule has 296 valence electrons. The number of amides is 2. The van der Waals surface area contributed by atoms with Crippen LogP contribution in [-0.2, 0) is 57.1 Å². The Morgan fingerprint density at radius 3 is 2.02 bits per heavy atom. The Hall–Kier alpha value is -3.79. The zero-order chi connectivity index (χ0) is 38.8. The number of ether oxygens (including phenoxy) is 7. The SMILES string of the molecule is COC(=O)[C@@H]1O[C@@H](O[C@@H]2CC[C@]3(C)[C@H](CC[C@@H]4[C@@H]3CC[C@]3(C)[C@@H](/C(COC(C)=O)=N\NC(N)=O)CC[C@@H]43)C2)[C@H](OC(C)=O)[C@@H](OC(C)=O)[C@@H]1OC(C)=O. The van der Waals surface area contributed by atoms with Crippen molar-refractivity contribution in [1.82, 2.24) is 5.43 Å². The van der Waals surface area contributed by atoms with Crippen LogP contribution in [0.4, 0.5) is 4.79 Å². The second-order valence-corrected chi connectivity index (χ2v) is 15.9. The highest BCUT2D eigenvalue weighted by Crippen LogP contribution is 2.67. The summed E-state index contributed by atoms with van der Waals surface area (Å²) in [5.41, 5.74) is 8.29. The highest BCUT2D eigenvalue weighted by atomic mass is 16.7. The number of esters is 5. The van der Waals surface area contributed by atoms with E-state index in [0.29, 0.717) is 42.2 Å². The fourth-order valence-corrected chi connectivity index (χ4v) is 10.8. The van der Waals surface area contributed by atoms with E-state index in [-0.39, 0.29) is 29.5 Å². The fraction of sp³-hybridized carbons (Fsp3) is 0.811. The highest BCUT2D eigenvalue weighted by molar-refractivity contribution is 5.91. The first-order chi connectivity index (χ1) is 25.0. The molecule has 16 heteroatoms. The number of fused-ring (bicyclic) bond motifs is 5. The number of carbonyl (C=O) groups is 6. The van der Waals surface area contributed by atoms with E-state index in [0.717, 1.165) is 65.9 Å². The molecule has 0 spiro atoms. The summed E-state index contributed by atoms with van der Waals surface area (Å²) in [5.74, 6) is -1.71. The molecule has 2 amide bonds. The normalized spacial score (nSPS) is 39.2. The zero-order valence-corrected chi connectivity index (χ0v) is 31.8. The lowest BCUT2D eigenvalue weighted by Crippen LogP contribution is -2.64. The lowest BCUT2D eigenvalue weighted by atomic mass is 9.44. The molecule has 13 atom stereocenters. The van der Waals surface area contributed by atoms with Gasteiger partial charge in [0, 0.05) is 33.6 Å².